The zero-order valence-corrected chi connectivity index (χ0v) is 13.9. The third kappa shape index (κ3) is 4.18. The molecule has 22 heavy (non-hydrogen) atoms. The molecule has 0 spiro atoms. The predicted octanol–water partition coefficient (Wildman–Crippen LogP) is 3.51. The lowest BCUT2D eigenvalue weighted by Gasteiger charge is -2.19. The Balaban J connectivity index is 2.08. The molecule has 1 aromatic carbocycles. The average Bonchev–Trinajstić information content (AvgIpc) is 2.92. The standard InChI is InChI=1S/C17H18BrN3O/c1-3-9-20(10-4-2)17(22)15-7-5-14(6-8-15)12-21-13-16(18)11-19-21/h3-8,11,13H,1-2,9-10,12H2. The van der Waals surface area contributed by atoms with E-state index in [0.29, 0.717) is 25.2 Å². The van der Waals surface area contributed by atoms with Crippen molar-refractivity contribution < 1.29 is 4.79 Å². The highest BCUT2D eigenvalue weighted by Crippen LogP contribution is 2.11. The van der Waals surface area contributed by atoms with Gasteiger partial charge in [-0.15, -0.1) is 13.2 Å². The third-order valence-electron chi connectivity index (χ3n) is 3.13. The summed E-state index contributed by atoms with van der Waals surface area (Å²) in [6.45, 7) is 9.05. The van der Waals surface area contributed by atoms with Crippen molar-refractivity contribution in [1.82, 2.24) is 14.7 Å². The lowest BCUT2D eigenvalue weighted by Crippen LogP contribution is -2.31. The molecule has 4 nitrogen and oxygen atoms in total. The van der Waals surface area contributed by atoms with Gasteiger partial charge in [-0.05, 0) is 33.6 Å². The maximum atomic E-state index is 12.4. The molecule has 0 unspecified atom stereocenters. The topological polar surface area (TPSA) is 38.1 Å². The molecule has 0 fully saturated rings. The van der Waals surface area contributed by atoms with Crippen molar-refractivity contribution in [2.45, 2.75) is 6.54 Å². The van der Waals surface area contributed by atoms with E-state index in [1.807, 2.05) is 35.1 Å². The number of halogens is 1. The normalized spacial score (nSPS) is 10.2. The van der Waals surface area contributed by atoms with Crippen LogP contribution in [0.4, 0.5) is 0 Å². The number of hydrogen-bond donors (Lipinski definition) is 0. The fraction of sp³-hybridized carbons (Fsp3) is 0.176. The Morgan fingerprint density at radius 2 is 1.86 bits per heavy atom. The molecule has 0 aliphatic rings. The van der Waals surface area contributed by atoms with Crippen LogP contribution in [-0.2, 0) is 6.54 Å². The van der Waals surface area contributed by atoms with E-state index in [1.165, 1.54) is 0 Å². The van der Waals surface area contributed by atoms with Gasteiger partial charge in [-0.2, -0.15) is 5.10 Å². The first-order valence-electron chi connectivity index (χ1n) is 6.92. The second-order valence-corrected chi connectivity index (χ2v) is 5.76. The summed E-state index contributed by atoms with van der Waals surface area (Å²) >= 11 is 3.37. The zero-order chi connectivity index (χ0) is 15.9. The van der Waals surface area contributed by atoms with Crippen molar-refractivity contribution in [3.63, 3.8) is 0 Å². The highest BCUT2D eigenvalue weighted by atomic mass is 79.9. The van der Waals surface area contributed by atoms with Crippen molar-refractivity contribution in [2.75, 3.05) is 13.1 Å². The van der Waals surface area contributed by atoms with Crippen LogP contribution in [0.2, 0.25) is 0 Å². The molecule has 0 bridgehead atoms. The Morgan fingerprint density at radius 3 is 2.36 bits per heavy atom. The molecule has 2 aromatic rings. The van der Waals surface area contributed by atoms with Crippen LogP contribution >= 0.6 is 15.9 Å². The fourth-order valence-electron chi connectivity index (χ4n) is 2.10. The zero-order valence-electron chi connectivity index (χ0n) is 12.3. The Kier molecular flexibility index (Phi) is 5.72. The van der Waals surface area contributed by atoms with E-state index in [9.17, 15) is 4.79 Å². The first-order chi connectivity index (χ1) is 10.6. The van der Waals surface area contributed by atoms with Gasteiger partial charge in [-0.1, -0.05) is 24.3 Å². The third-order valence-corrected chi connectivity index (χ3v) is 3.54. The second-order valence-electron chi connectivity index (χ2n) is 4.84. The largest absolute Gasteiger partial charge is 0.331 e. The molecular formula is C17H18BrN3O. The van der Waals surface area contributed by atoms with Gasteiger partial charge in [-0.25, -0.2) is 0 Å². The number of carbonyl (C=O) groups is 1. The summed E-state index contributed by atoms with van der Waals surface area (Å²) in [4.78, 5) is 14.1. The average molecular weight is 360 g/mol. The Morgan fingerprint density at radius 1 is 1.23 bits per heavy atom. The van der Waals surface area contributed by atoms with E-state index in [0.717, 1.165) is 10.0 Å². The number of nitrogens with zero attached hydrogens (tertiary/aromatic N) is 3. The number of carbonyl (C=O) groups excluding carboxylic acids is 1. The van der Waals surface area contributed by atoms with Crippen molar-refractivity contribution in [3.05, 3.63) is 77.6 Å². The minimum Gasteiger partial charge on any atom is -0.331 e. The van der Waals surface area contributed by atoms with Crippen LogP contribution in [0.15, 0.2) is 66.4 Å². The van der Waals surface area contributed by atoms with Crippen molar-refractivity contribution >= 4 is 21.8 Å². The van der Waals surface area contributed by atoms with Crippen LogP contribution in [-0.4, -0.2) is 33.7 Å². The smallest absolute Gasteiger partial charge is 0.254 e. The van der Waals surface area contributed by atoms with E-state index in [1.54, 1.807) is 23.2 Å². The number of rotatable bonds is 7. The molecule has 0 saturated heterocycles. The van der Waals surface area contributed by atoms with Crippen molar-refractivity contribution in [1.29, 1.82) is 0 Å². The van der Waals surface area contributed by atoms with E-state index in [4.69, 9.17) is 0 Å². The van der Waals surface area contributed by atoms with Gasteiger partial charge in [0.25, 0.3) is 5.91 Å². The van der Waals surface area contributed by atoms with E-state index in [2.05, 4.69) is 34.2 Å². The maximum absolute atomic E-state index is 12.4. The molecule has 1 aromatic heterocycles. The van der Waals surface area contributed by atoms with Gasteiger partial charge in [-0.3, -0.25) is 9.48 Å². The Bertz CT molecular complexity index is 651. The summed E-state index contributed by atoms with van der Waals surface area (Å²) in [7, 11) is 0. The lowest BCUT2D eigenvalue weighted by molar-refractivity contribution is 0.0791. The molecule has 1 amide bonds. The summed E-state index contributed by atoms with van der Waals surface area (Å²) in [5.41, 5.74) is 1.75. The lowest BCUT2D eigenvalue weighted by atomic mass is 10.1. The van der Waals surface area contributed by atoms with E-state index in [-0.39, 0.29) is 5.91 Å². The van der Waals surface area contributed by atoms with Crippen LogP contribution < -0.4 is 0 Å². The number of amides is 1. The molecular weight excluding hydrogens is 342 g/mol. The Labute approximate surface area is 138 Å². The second kappa shape index (κ2) is 7.75. The van der Waals surface area contributed by atoms with Crippen molar-refractivity contribution in [2.24, 2.45) is 0 Å². The molecule has 5 heteroatoms. The van der Waals surface area contributed by atoms with Crippen LogP contribution in [0, 0.1) is 0 Å². The monoisotopic (exact) mass is 359 g/mol. The van der Waals surface area contributed by atoms with Crippen LogP contribution in [0.25, 0.3) is 0 Å². The molecule has 1 heterocycles. The van der Waals surface area contributed by atoms with Gasteiger partial charge in [0.15, 0.2) is 0 Å². The number of hydrogen-bond acceptors (Lipinski definition) is 2. The minimum atomic E-state index is -0.0202. The SMILES string of the molecule is C=CCN(CC=C)C(=O)c1ccc(Cn2cc(Br)cn2)cc1. The van der Waals surface area contributed by atoms with Gasteiger partial charge >= 0.3 is 0 Å². The summed E-state index contributed by atoms with van der Waals surface area (Å²) in [5, 5.41) is 4.22. The molecule has 0 N–H and O–H groups in total. The number of aromatic nitrogens is 2. The number of benzene rings is 1. The fourth-order valence-corrected chi connectivity index (χ4v) is 2.43. The molecule has 2 rings (SSSR count). The van der Waals surface area contributed by atoms with Crippen LogP contribution in [0.1, 0.15) is 15.9 Å². The highest BCUT2D eigenvalue weighted by Gasteiger charge is 2.13. The summed E-state index contributed by atoms with van der Waals surface area (Å²) in [6, 6.07) is 7.58. The van der Waals surface area contributed by atoms with Crippen LogP contribution in [0.3, 0.4) is 0 Å². The molecule has 0 aliphatic heterocycles. The van der Waals surface area contributed by atoms with Gasteiger partial charge in [0.05, 0.1) is 17.2 Å². The maximum Gasteiger partial charge on any atom is 0.254 e. The van der Waals surface area contributed by atoms with E-state index >= 15 is 0 Å². The first-order valence-corrected chi connectivity index (χ1v) is 7.71. The van der Waals surface area contributed by atoms with Crippen LogP contribution in [0.5, 0.6) is 0 Å². The Hall–Kier alpha value is -2.14. The summed E-state index contributed by atoms with van der Waals surface area (Å²) < 4.78 is 2.78. The molecule has 0 atom stereocenters. The van der Waals surface area contributed by atoms with E-state index < -0.39 is 0 Å². The molecule has 0 aliphatic carbocycles. The summed E-state index contributed by atoms with van der Waals surface area (Å²) in [6.07, 6.45) is 7.09. The summed E-state index contributed by atoms with van der Waals surface area (Å²) in [5.74, 6) is -0.0202. The van der Waals surface area contributed by atoms with Gasteiger partial charge in [0, 0.05) is 24.8 Å². The van der Waals surface area contributed by atoms with Gasteiger partial charge in [0.1, 0.15) is 0 Å². The quantitative estimate of drug-likeness (QED) is 0.709. The molecule has 0 radical (unpaired) electrons. The van der Waals surface area contributed by atoms with Gasteiger partial charge in [0.2, 0.25) is 0 Å². The molecule has 114 valence electrons. The van der Waals surface area contributed by atoms with Crippen molar-refractivity contribution in [3.8, 4) is 0 Å². The predicted molar refractivity (Wildman–Crippen MR) is 91.8 cm³/mol. The minimum absolute atomic E-state index is 0.0202. The first kappa shape index (κ1) is 16.2. The van der Waals surface area contributed by atoms with Gasteiger partial charge < -0.3 is 4.90 Å². The molecule has 0 saturated carbocycles. The highest BCUT2D eigenvalue weighted by molar-refractivity contribution is 9.10.